The van der Waals surface area contributed by atoms with Crippen molar-refractivity contribution in [1.29, 1.82) is 0 Å². The molecule has 26 heavy (non-hydrogen) atoms. The monoisotopic (exact) mass is 355 g/mol. The summed E-state index contributed by atoms with van der Waals surface area (Å²) in [4.78, 5) is 40.3. The Bertz CT molecular complexity index is 915. The van der Waals surface area contributed by atoms with Crippen LogP contribution in [0.25, 0.3) is 0 Å². The first-order valence-corrected chi connectivity index (χ1v) is 8.84. The number of nitrogens with zero attached hydrogens (tertiary/aromatic N) is 2. The number of aromatic nitrogens is 1. The third-order valence-corrected chi connectivity index (χ3v) is 5.50. The molecule has 7 nitrogen and oxygen atoms in total. The number of hydrogen-bond donors (Lipinski definition) is 1. The molecule has 1 unspecified atom stereocenters. The standard InChI is InChI=1S/C19H21N3O4/c1-21-15-6-3-2-5-14(15)19(18(21)25)9-4-10-22(12-19)17(24)8-7-13-11-16(23)20-26-13/h2-3,5-6,11H,4,7-10,12H2,1H3,(H,20,23). The van der Waals surface area contributed by atoms with Crippen molar-refractivity contribution < 1.29 is 14.1 Å². The van der Waals surface area contributed by atoms with E-state index in [1.807, 2.05) is 24.3 Å². The summed E-state index contributed by atoms with van der Waals surface area (Å²) in [7, 11) is 1.80. The molecule has 1 spiro atoms. The number of H-pyrrole nitrogens is 1. The van der Waals surface area contributed by atoms with Gasteiger partial charge in [-0.3, -0.25) is 14.4 Å². The van der Waals surface area contributed by atoms with E-state index in [0.29, 0.717) is 25.3 Å². The number of likely N-dealkylation sites (N-methyl/N-ethyl adjacent to an activating group) is 1. The average Bonchev–Trinajstić information content (AvgIpc) is 3.17. The number of nitrogens with one attached hydrogen (secondary N) is 1. The molecule has 1 fully saturated rings. The molecule has 3 heterocycles. The number of carbonyl (C=O) groups excluding carboxylic acids is 2. The van der Waals surface area contributed by atoms with Crippen molar-refractivity contribution in [3.8, 4) is 0 Å². The van der Waals surface area contributed by atoms with Crippen LogP contribution in [0.2, 0.25) is 0 Å². The Kier molecular flexibility index (Phi) is 3.94. The lowest BCUT2D eigenvalue weighted by Crippen LogP contribution is -2.53. The molecule has 136 valence electrons. The Balaban J connectivity index is 1.53. The molecule has 7 heteroatoms. The molecule has 1 N–H and O–H groups in total. The third-order valence-electron chi connectivity index (χ3n) is 5.50. The molecule has 2 aliphatic heterocycles. The summed E-state index contributed by atoms with van der Waals surface area (Å²) < 4.78 is 5.00. The fraction of sp³-hybridized carbons (Fsp3) is 0.421. The van der Waals surface area contributed by atoms with Gasteiger partial charge >= 0.3 is 0 Å². The van der Waals surface area contributed by atoms with Gasteiger partial charge in [0.2, 0.25) is 11.8 Å². The molecule has 1 atom stereocenters. The topological polar surface area (TPSA) is 86.6 Å². The Labute approximate surface area is 150 Å². The lowest BCUT2D eigenvalue weighted by atomic mass is 9.75. The second kappa shape index (κ2) is 6.16. The fourth-order valence-electron chi connectivity index (χ4n) is 4.21. The molecule has 0 saturated carbocycles. The maximum atomic E-state index is 13.0. The first-order valence-electron chi connectivity index (χ1n) is 8.84. The Morgan fingerprint density at radius 3 is 2.88 bits per heavy atom. The van der Waals surface area contributed by atoms with Crippen LogP contribution in [0, 0.1) is 0 Å². The molecular weight excluding hydrogens is 334 g/mol. The minimum Gasteiger partial charge on any atom is -0.384 e. The number of benzene rings is 1. The van der Waals surface area contributed by atoms with Crippen LogP contribution in [-0.4, -0.2) is 42.0 Å². The molecule has 0 aliphatic carbocycles. The second-order valence-corrected chi connectivity index (χ2v) is 7.06. The summed E-state index contributed by atoms with van der Waals surface area (Å²) in [5, 5.41) is 2.23. The van der Waals surface area contributed by atoms with E-state index in [1.165, 1.54) is 6.07 Å². The lowest BCUT2D eigenvalue weighted by Gasteiger charge is -2.39. The number of fused-ring (bicyclic) bond motifs is 2. The Hall–Kier alpha value is -2.83. The SMILES string of the molecule is CN1C(=O)C2(CCCN(C(=O)CCc3cc(=O)[nH]o3)C2)c2ccccc21. The van der Waals surface area contributed by atoms with Gasteiger partial charge in [-0.15, -0.1) is 0 Å². The molecule has 2 amide bonds. The molecule has 1 aromatic carbocycles. The molecule has 1 aromatic heterocycles. The van der Waals surface area contributed by atoms with Gasteiger partial charge in [-0.2, -0.15) is 5.16 Å². The van der Waals surface area contributed by atoms with Crippen LogP contribution < -0.4 is 10.5 Å². The van der Waals surface area contributed by atoms with E-state index in [4.69, 9.17) is 4.52 Å². The van der Waals surface area contributed by atoms with Gasteiger partial charge in [0.15, 0.2) is 0 Å². The molecule has 0 bridgehead atoms. The molecular formula is C19H21N3O4. The van der Waals surface area contributed by atoms with Crippen LogP contribution in [0.3, 0.4) is 0 Å². The minimum absolute atomic E-state index is 0.0206. The van der Waals surface area contributed by atoms with E-state index in [2.05, 4.69) is 5.16 Å². The summed E-state index contributed by atoms with van der Waals surface area (Å²) in [6.45, 7) is 1.06. The van der Waals surface area contributed by atoms with Gasteiger partial charge in [0.05, 0.1) is 5.41 Å². The zero-order valence-corrected chi connectivity index (χ0v) is 14.7. The van der Waals surface area contributed by atoms with E-state index in [0.717, 1.165) is 24.1 Å². The first kappa shape index (κ1) is 16.6. The van der Waals surface area contributed by atoms with E-state index in [1.54, 1.807) is 16.8 Å². The van der Waals surface area contributed by atoms with Crippen molar-refractivity contribution in [3.63, 3.8) is 0 Å². The van der Waals surface area contributed by atoms with Crippen molar-refractivity contribution in [2.24, 2.45) is 0 Å². The van der Waals surface area contributed by atoms with Gasteiger partial charge in [-0.1, -0.05) is 18.2 Å². The van der Waals surface area contributed by atoms with E-state index >= 15 is 0 Å². The number of rotatable bonds is 3. The van der Waals surface area contributed by atoms with Crippen molar-refractivity contribution in [1.82, 2.24) is 10.1 Å². The number of carbonyl (C=O) groups is 2. The van der Waals surface area contributed by atoms with Crippen LogP contribution in [0.5, 0.6) is 0 Å². The van der Waals surface area contributed by atoms with E-state index in [9.17, 15) is 14.4 Å². The third kappa shape index (κ3) is 2.55. The Morgan fingerprint density at radius 1 is 1.31 bits per heavy atom. The molecule has 4 rings (SSSR count). The number of hydrogen-bond acceptors (Lipinski definition) is 4. The number of aryl methyl sites for hydroxylation is 1. The van der Waals surface area contributed by atoms with Gasteiger partial charge in [0.25, 0.3) is 5.56 Å². The van der Waals surface area contributed by atoms with Gasteiger partial charge in [-0.05, 0) is 24.5 Å². The molecule has 2 aliphatic rings. The fourth-order valence-corrected chi connectivity index (χ4v) is 4.21. The normalized spacial score (nSPS) is 22.1. The Morgan fingerprint density at radius 2 is 2.12 bits per heavy atom. The zero-order valence-electron chi connectivity index (χ0n) is 14.7. The molecule has 0 radical (unpaired) electrons. The maximum Gasteiger partial charge on any atom is 0.280 e. The van der Waals surface area contributed by atoms with Gasteiger partial charge in [0, 0.05) is 44.7 Å². The number of aromatic amines is 1. The maximum absolute atomic E-state index is 13.0. The number of piperidine rings is 1. The first-order chi connectivity index (χ1) is 12.5. The van der Waals surface area contributed by atoms with Crippen LogP contribution >= 0.6 is 0 Å². The predicted molar refractivity (Wildman–Crippen MR) is 95.0 cm³/mol. The van der Waals surface area contributed by atoms with Crippen molar-refractivity contribution >= 4 is 17.5 Å². The highest BCUT2D eigenvalue weighted by atomic mass is 16.5. The number of para-hydroxylation sites is 1. The van der Waals surface area contributed by atoms with Gasteiger partial charge in [0.1, 0.15) is 5.76 Å². The largest absolute Gasteiger partial charge is 0.384 e. The quantitative estimate of drug-likeness (QED) is 0.903. The van der Waals surface area contributed by atoms with Crippen LogP contribution in [0.1, 0.15) is 30.6 Å². The van der Waals surface area contributed by atoms with Crippen molar-refractivity contribution in [2.75, 3.05) is 25.0 Å². The second-order valence-electron chi connectivity index (χ2n) is 7.06. The van der Waals surface area contributed by atoms with E-state index in [-0.39, 0.29) is 23.8 Å². The van der Waals surface area contributed by atoms with Crippen molar-refractivity contribution in [2.45, 2.75) is 31.1 Å². The number of likely N-dealkylation sites (tertiary alicyclic amines) is 1. The molecule has 1 saturated heterocycles. The van der Waals surface area contributed by atoms with Crippen LogP contribution in [0.15, 0.2) is 39.6 Å². The van der Waals surface area contributed by atoms with Gasteiger partial charge < -0.3 is 14.3 Å². The summed E-state index contributed by atoms with van der Waals surface area (Å²) in [6.07, 6.45) is 2.16. The van der Waals surface area contributed by atoms with Crippen LogP contribution in [-0.2, 0) is 21.4 Å². The predicted octanol–water partition coefficient (Wildman–Crippen LogP) is 1.44. The smallest absolute Gasteiger partial charge is 0.280 e. The number of anilines is 1. The van der Waals surface area contributed by atoms with Gasteiger partial charge in [-0.25, -0.2) is 0 Å². The van der Waals surface area contributed by atoms with Crippen LogP contribution in [0.4, 0.5) is 5.69 Å². The highest BCUT2D eigenvalue weighted by Crippen LogP contribution is 2.46. The summed E-state index contributed by atoms with van der Waals surface area (Å²) in [6, 6.07) is 9.19. The number of amides is 2. The van der Waals surface area contributed by atoms with E-state index < -0.39 is 5.41 Å². The van der Waals surface area contributed by atoms with Crippen molar-refractivity contribution in [3.05, 3.63) is 52.0 Å². The zero-order chi connectivity index (χ0) is 18.3. The highest BCUT2D eigenvalue weighted by molar-refractivity contribution is 6.08. The minimum atomic E-state index is -0.639. The summed E-state index contributed by atoms with van der Waals surface area (Å²) in [5.41, 5.74) is 1.00. The summed E-state index contributed by atoms with van der Waals surface area (Å²) in [5.74, 6) is 0.512. The lowest BCUT2D eigenvalue weighted by molar-refractivity contribution is -0.136. The summed E-state index contributed by atoms with van der Waals surface area (Å²) >= 11 is 0. The highest BCUT2D eigenvalue weighted by Gasteiger charge is 2.52. The molecule has 2 aromatic rings. The average molecular weight is 355 g/mol.